The van der Waals surface area contributed by atoms with Crippen molar-refractivity contribution in [2.75, 3.05) is 11.9 Å². The highest BCUT2D eigenvalue weighted by Gasteiger charge is 2.03. The summed E-state index contributed by atoms with van der Waals surface area (Å²) in [5, 5.41) is 5.85. The first-order chi connectivity index (χ1) is 11.8. The van der Waals surface area contributed by atoms with Crippen molar-refractivity contribution in [1.29, 1.82) is 0 Å². The van der Waals surface area contributed by atoms with Crippen LogP contribution < -0.4 is 15.4 Å². The molecule has 0 fully saturated rings. The average molecular weight is 322 g/mol. The predicted octanol–water partition coefficient (Wildman–Crippen LogP) is 3.80. The third kappa shape index (κ3) is 4.64. The van der Waals surface area contributed by atoms with Crippen molar-refractivity contribution in [2.45, 2.75) is 6.54 Å². The first-order valence-corrected chi connectivity index (χ1v) is 7.65. The second-order valence-electron chi connectivity index (χ2n) is 5.15. The monoisotopic (exact) mass is 322 g/mol. The van der Waals surface area contributed by atoms with Gasteiger partial charge in [-0.3, -0.25) is 4.79 Å². The smallest absolute Gasteiger partial charge is 0.239 e. The van der Waals surface area contributed by atoms with E-state index in [1.807, 2.05) is 60.7 Å². The fourth-order valence-corrected chi connectivity index (χ4v) is 2.11. The number of benzene rings is 2. The van der Waals surface area contributed by atoms with Crippen LogP contribution >= 0.6 is 0 Å². The van der Waals surface area contributed by atoms with Gasteiger partial charge in [-0.1, -0.05) is 18.2 Å². The molecule has 24 heavy (non-hydrogen) atoms. The van der Waals surface area contributed by atoms with Crippen molar-refractivity contribution in [2.24, 2.45) is 0 Å². The molecule has 122 valence electrons. The summed E-state index contributed by atoms with van der Waals surface area (Å²) in [7, 11) is 0. The Morgan fingerprint density at radius 3 is 2.38 bits per heavy atom. The summed E-state index contributed by atoms with van der Waals surface area (Å²) in [6.45, 7) is 0.580. The zero-order chi connectivity index (χ0) is 16.6. The van der Waals surface area contributed by atoms with E-state index < -0.39 is 0 Å². The van der Waals surface area contributed by atoms with Crippen LogP contribution in [0.4, 0.5) is 5.69 Å². The zero-order valence-electron chi connectivity index (χ0n) is 13.1. The zero-order valence-corrected chi connectivity index (χ0v) is 13.1. The Labute approximate surface area is 140 Å². The summed E-state index contributed by atoms with van der Waals surface area (Å²) < 4.78 is 10.9. The lowest BCUT2D eigenvalue weighted by Gasteiger charge is -2.09. The number of hydrogen-bond donors (Lipinski definition) is 2. The number of ether oxygens (including phenoxy) is 1. The molecule has 0 aliphatic rings. The molecule has 5 nitrogen and oxygen atoms in total. The molecule has 0 aliphatic carbocycles. The first kappa shape index (κ1) is 15.7. The highest BCUT2D eigenvalue weighted by molar-refractivity contribution is 5.80. The molecule has 0 saturated heterocycles. The van der Waals surface area contributed by atoms with E-state index in [-0.39, 0.29) is 12.5 Å². The maximum absolute atomic E-state index is 11.8. The molecule has 1 aromatic heterocycles. The molecule has 1 heterocycles. The lowest BCUT2D eigenvalue weighted by Crippen LogP contribution is -2.29. The van der Waals surface area contributed by atoms with Crippen LogP contribution in [0.2, 0.25) is 0 Å². The fraction of sp³-hybridized carbons (Fsp3) is 0.105. The van der Waals surface area contributed by atoms with Crippen molar-refractivity contribution in [3.8, 4) is 11.5 Å². The molecule has 3 rings (SSSR count). The minimum atomic E-state index is -0.101. The van der Waals surface area contributed by atoms with Crippen molar-refractivity contribution < 1.29 is 13.9 Å². The van der Waals surface area contributed by atoms with Gasteiger partial charge in [-0.2, -0.15) is 0 Å². The number of carbonyl (C=O) groups excluding carboxylic acids is 1. The fourth-order valence-electron chi connectivity index (χ4n) is 2.11. The lowest BCUT2D eigenvalue weighted by atomic mass is 10.3. The van der Waals surface area contributed by atoms with Crippen molar-refractivity contribution >= 4 is 11.6 Å². The van der Waals surface area contributed by atoms with Gasteiger partial charge < -0.3 is 19.8 Å². The summed E-state index contributed by atoms with van der Waals surface area (Å²) in [5.41, 5.74) is 0.851. The minimum absolute atomic E-state index is 0.101. The second-order valence-corrected chi connectivity index (χ2v) is 5.15. The summed E-state index contributed by atoms with van der Waals surface area (Å²) in [6.07, 6.45) is 1.58. The van der Waals surface area contributed by atoms with Crippen LogP contribution in [0.3, 0.4) is 0 Å². The molecule has 0 bridgehead atoms. The van der Waals surface area contributed by atoms with E-state index in [1.54, 1.807) is 12.3 Å². The van der Waals surface area contributed by atoms with E-state index >= 15 is 0 Å². The summed E-state index contributed by atoms with van der Waals surface area (Å²) in [6, 6.07) is 20.7. The topological polar surface area (TPSA) is 63.5 Å². The summed E-state index contributed by atoms with van der Waals surface area (Å²) in [4.78, 5) is 11.8. The lowest BCUT2D eigenvalue weighted by molar-refractivity contribution is -0.119. The molecule has 0 atom stereocenters. The molecule has 5 heteroatoms. The van der Waals surface area contributed by atoms with E-state index in [2.05, 4.69) is 10.6 Å². The average Bonchev–Trinajstić information content (AvgIpc) is 3.14. The van der Waals surface area contributed by atoms with Crippen LogP contribution in [0.1, 0.15) is 5.76 Å². The molecule has 3 aromatic rings. The van der Waals surface area contributed by atoms with Gasteiger partial charge in [0.15, 0.2) is 0 Å². The third-order valence-corrected chi connectivity index (χ3v) is 3.33. The highest BCUT2D eigenvalue weighted by Crippen LogP contribution is 2.22. The Morgan fingerprint density at radius 2 is 1.67 bits per heavy atom. The molecule has 2 N–H and O–H groups in total. The number of amides is 1. The molecule has 2 aromatic carbocycles. The van der Waals surface area contributed by atoms with Gasteiger partial charge in [-0.05, 0) is 48.5 Å². The van der Waals surface area contributed by atoms with Crippen LogP contribution in [0.25, 0.3) is 0 Å². The van der Waals surface area contributed by atoms with Crippen LogP contribution in [-0.4, -0.2) is 12.5 Å². The number of hydrogen-bond acceptors (Lipinski definition) is 4. The van der Waals surface area contributed by atoms with Gasteiger partial charge in [-0.15, -0.1) is 0 Å². The molecule has 0 saturated carbocycles. The number of anilines is 1. The standard InChI is InChI=1S/C19H18N2O3/c22-19(21-13-18-7-4-12-23-18)14-20-15-8-10-17(11-9-15)24-16-5-2-1-3-6-16/h1-12,20H,13-14H2,(H,21,22). The largest absolute Gasteiger partial charge is 0.467 e. The van der Waals surface area contributed by atoms with Gasteiger partial charge in [0, 0.05) is 5.69 Å². The highest BCUT2D eigenvalue weighted by atomic mass is 16.5. The number of nitrogens with one attached hydrogen (secondary N) is 2. The van der Waals surface area contributed by atoms with Crippen LogP contribution in [0.15, 0.2) is 77.4 Å². The van der Waals surface area contributed by atoms with Crippen LogP contribution in [0.5, 0.6) is 11.5 Å². The molecule has 0 aliphatic heterocycles. The van der Waals surface area contributed by atoms with Crippen molar-refractivity contribution in [3.05, 3.63) is 78.8 Å². The number of carbonyl (C=O) groups is 1. The third-order valence-electron chi connectivity index (χ3n) is 3.33. The van der Waals surface area contributed by atoms with E-state index in [9.17, 15) is 4.79 Å². The Bertz CT molecular complexity index is 753. The van der Waals surface area contributed by atoms with Crippen molar-refractivity contribution in [3.63, 3.8) is 0 Å². The molecular weight excluding hydrogens is 304 g/mol. The van der Waals surface area contributed by atoms with E-state index in [1.165, 1.54) is 0 Å². The van der Waals surface area contributed by atoms with E-state index in [0.29, 0.717) is 6.54 Å². The molecule has 0 spiro atoms. The summed E-state index contributed by atoms with van der Waals surface area (Å²) >= 11 is 0. The number of rotatable bonds is 7. The van der Waals surface area contributed by atoms with Gasteiger partial charge in [0.1, 0.15) is 17.3 Å². The Morgan fingerprint density at radius 1 is 0.917 bits per heavy atom. The van der Waals surface area contributed by atoms with Crippen molar-refractivity contribution in [1.82, 2.24) is 5.32 Å². The maximum atomic E-state index is 11.8. The molecule has 0 radical (unpaired) electrons. The minimum Gasteiger partial charge on any atom is -0.467 e. The molecule has 1 amide bonds. The normalized spacial score (nSPS) is 10.2. The maximum Gasteiger partial charge on any atom is 0.239 e. The van der Waals surface area contributed by atoms with Crippen LogP contribution in [0, 0.1) is 0 Å². The van der Waals surface area contributed by atoms with Gasteiger partial charge in [0.25, 0.3) is 0 Å². The Balaban J connectivity index is 1.45. The SMILES string of the molecule is O=C(CNc1ccc(Oc2ccccc2)cc1)NCc1ccco1. The second kappa shape index (κ2) is 7.87. The molecule has 0 unspecified atom stereocenters. The Kier molecular flexibility index (Phi) is 5.14. The van der Waals surface area contributed by atoms with E-state index in [4.69, 9.17) is 9.15 Å². The number of furan rings is 1. The molecular formula is C19H18N2O3. The predicted molar refractivity (Wildman–Crippen MR) is 92.0 cm³/mol. The van der Waals surface area contributed by atoms with Gasteiger partial charge >= 0.3 is 0 Å². The van der Waals surface area contributed by atoms with Gasteiger partial charge in [-0.25, -0.2) is 0 Å². The van der Waals surface area contributed by atoms with Gasteiger partial charge in [0.2, 0.25) is 5.91 Å². The summed E-state index contributed by atoms with van der Waals surface area (Å²) in [5.74, 6) is 2.16. The Hall–Kier alpha value is -3.21. The van der Waals surface area contributed by atoms with Gasteiger partial charge in [0.05, 0.1) is 19.4 Å². The first-order valence-electron chi connectivity index (χ1n) is 7.65. The van der Waals surface area contributed by atoms with Crippen LogP contribution in [-0.2, 0) is 11.3 Å². The quantitative estimate of drug-likeness (QED) is 0.694. The number of para-hydroxylation sites is 1. The van der Waals surface area contributed by atoms with E-state index in [0.717, 1.165) is 22.9 Å².